The summed E-state index contributed by atoms with van der Waals surface area (Å²) in [6.07, 6.45) is 4.95. The summed E-state index contributed by atoms with van der Waals surface area (Å²) >= 11 is 0. The van der Waals surface area contributed by atoms with Gasteiger partial charge in [0, 0.05) is 31.7 Å². The molecule has 9 heteroatoms. The van der Waals surface area contributed by atoms with Crippen LogP contribution in [0.1, 0.15) is 44.6 Å². The lowest BCUT2D eigenvalue weighted by Crippen LogP contribution is -2.20. The number of anilines is 3. The molecule has 3 rings (SSSR count). The van der Waals surface area contributed by atoms with Crippen LogP contribution in [0.15, 0.2) is 18.3 Å². The number of nitrogens with one attached hydrogen (secondary N) is 2. The van der Waals surface area contributed by atoms with Crippen LogP contribution >= 0.6 is 0 Å². The first-order valence-electron chi connectivity index (χ1n) is 9.12. The van der Waals surface area contributed by atoms with E-state index < -0.39 is 11.7 Å². The fourth-order valence-electron chi connectivity index (χ4n) is 2.74. The minimum absolute atomic E-state index is 0.206. The van der Waals surface area contributed by atoms with Gasteiger partial charge in [-0.2, -0.15) is 8.78 Å². The minimum atomic E-state index is -3.16. The van der Waals surface area contributed by atoms with Crippen LogP contribution in [0.2, 0.25) is 0 Å². The normalized spacial score (nSPS) is 14.3. The van der Waals surface area contributed by atoms with Crippen molar-refractivity contribution in [1.82, 2.24) is 15.0 Å². The molecule has 0 radical (unpaired) electrons. The number of amides is 1. The Morgan fingerprint density at radius 3 is 2.64 bits per heavy atom. The fourth-order valence-corrected chi connectivity index (χ4v) is 2.74. The van der Waals surface area contributed by atoms with Crippen LogP contribution in [0.5, 0.6) is 5.75 Å². The number of halogens is 2. The van der Waals surface area contributed by atoms with Gasteiger partial charge >= 0.3 is 5.92 Å². The first-order valence-corrected chi connectivity index (χ1v) is 9.12. The Bertz CT molecular complexity index is 866. The first-order chi connectivity index (χ1) is 13.2. The number of aromatic nitrogens is 3. The predicted molar refractivity (Wildman–Crippen MR) is 101 cm³/mol. The van der Waals surface area contributed by atoms with Gasteiger partial charge in [0.15, 0.2) is 5.75 Å². The molecule has 150 valence electrons. The highest BCUT2D eigenvalue weighted by Gasteiger charge is 2.29. The molecule has 0 unspecified atom stereocenters. The molecule has 0 aromatic carbocycles. The van der Waals surface area contributed by atoms with E-state index in [9.17, 15) is 13.6 Å². The quantitative estimate of drug-likeness (QED) is 0.736. The van der Waals surface area contributed by atoms with Crippen molar-refractivity contribution < 1.29 is 18.3 Å². The van der Waals surface area contributed by atoms with Gasteiger partial charge in [0.05, 0.1) is 18.5 Å². The summed E-state index contributed by atoms with van der Waals surface area (Å²) in [6.45, 7) is 4.29. The van der Waals surface area contributed by atoms with E-state index >= 15 is 0 Å². The molecule has 1 aliphatic carbocycles. The van der Waals surface area contributed by atoms with Crippen LogP contribution < -0.4 is 15.4 Å². The lowest BCUT2D eigenvalue weighted by atomic mass is 9.86. The van der Waals surface area contributed by atoms with Crippen molar-refractivity contribution in [1.29, 1.82) is 0 Å². The zero-order valence-corrected chi connectivity index (χ0v) is 16.1. The third-order valence-electron chi connectivity index (χ3n) is 4.38. The van der Waals surface area contributed by atoms with Gasteiger partial charge in [-0.1, -0.05) is 6.42 Å². The maximum absolute atomic E-state index is 13.7. The van der Waals surface area contributed by atoms with Crippen LogP contribution in [0.4, 0.5) is 26.1 Å². The highest BCUT2D eigenvalue weighted by atomic mass is 19.3. The van der Waals surface area contributed by atoms with E-state index in [0.29, 0.717) is 35.5 Å². The third kappa shape index (κ3) is 5.11. The summed E-state index contributed by atoms with van der Waals surface area (Å²) in [4.78, 5) is 23.2. The van der Waals surface area contributed by atoms with Crippen molar-refractivity contribution in [3.63, 3.8) is 0 Å². The highest BCUT2D eigenvalue weighted by molar-refractivity contribution is 5.88. The average Bonchev–Trinajstić information content (AvgIpc) is 2.53. The second-order valence-electron chi connectivity index (χ2n) is 7.09. The Balaban J connectivity index is 1.88. The number of pyridine rings is 1. The lowest BCUT2D eigenvalue weighted by Gasteiger charge is -2.25. The largest absolute Gasteiger partial charge is 0.489 e. The molecule has 1 aliphatic rings. The summed E-state index contributed by atoms with van der Waals surface area (Å²) in [5.74, 6) is -2.51. The number of hydrogen-bond acceptors (Lipinski definition) is 6. The second-order valence-corrected chi connectivity index (χ2v) is 7.09. The minimum Gasteiger partial charge on any atom is -0.489 e. The predicted octanol–water partition coefficient (Wildman–Crippen LogP) is 4.17. The molecule has 0 spiro atoms. The molecular weight excluding hydrogens is 368 g/mol. The summed E-state index contributed by atoms with van der Waals surface area (Å²) in [5, 5.41) is 5.59. The Morgan fingerprint density at radius 1 is 1.29 bits per heavy atom. The average molecular weight is 391 g/mol. The summed E-state index contributed by atoms with van der Waals surface area (Å²) in [5.41, 5.74) is 0.878. The van der Waals surface area contributed by atoms with Gasteiger partial charge in [-0.15, -0.1) is 0 Å². The molecule has 28 heavy (non-hydrogen) atoms. The number of nitrogens with zero attached hydrogens (tertiary/aromatic N) is 3. The zero-order valence-electron chi connectivity index (χ0n) is 16.1. The molecule has 7 nitrogen and oxygen atoms in total. The maximum atomic E-state index is 13.7. The molecule has 0 saturated heterocycles. The maximum Gasteiger partial charge on any atom is 0.303 e. The Labute approximate surface area is 161 Å². The Kier molecular flexibility index (Phi) is 5.71. The van der Waals surface area contributed by atoms with E-state index in [1.54, 1.807) is 19.1 Å². The molecule has 1 amide bonds. The van der Waals surface area contributed by atoms with Crippen LogP contribution in [0, 0.1) is 12.8 Å². The number of hydrogen-bond donors (Lipinski definition) is 2. The second kappa shape index (κ2) is 8.04. The number of carbonyl (C=O) groups excluding carboxylic acids is 1. The number of aryl methyl sites for hydroxylation is 1. The van der Waals surface area contributed by atoms with Crippen LogP contribution in [-0.2, 0) is 10.7 Å². The Hall–Kier alpha value is -2.84. The van der Waals surface area contributed by atoms with E-state index in [1.807, 2.05) is 0 Å². The standard InChI is InChI=1S/C19H23F2N5O2/c1-11-7-17(26-18(23-11)19(3,20)21)25-14-8-16(24-12(2)27)22-9-15(14)28-10-13-5-4-6-13/h7-9,13H,4-6,10H2,1-3H3,(H2,22,23,24,25,26,27). The van der Waals surface area contributed by atoms with Gasteiger partial charge in [0.1, 0.15) is 11.6 Å². The number of ether oxygens (including phenoxy) is 1. The van der Waals surface area contributed by atoms with Gasteiger partial charge in [-0.25, -0.2) is 15.0 Å². The smallest absolute Gasteiger partial charge is 0.303 e. The van der Waals surface area contributed by atoms with Gasteiger partial charge in [-0.3, -0.25) is 4.79 Å². The van der Waals surface area contributed by atoms with Crippen molar-refractivity contribution in [2.24, 2.45) is 5.92 Å². The molecule has 1 saturated carbocycles. The molecule has 2 N–H and O–H groups in total. The molecule has 1 fully saturated rings. The molecular formula is C19H23F2N5O2. The zero-order chi connectivity index (χ0) is 20.3. The van der Waals surface area contributed by atoms with Crippen LogP contribution in [0.3, 0.4) is 0 Å². The van der Waals surface area contributed by atoms with Gasteiger partial charge in [-0.05, 0) is 25.7 Å². The molecule has 0 atom stereocenters. The van der Waals surface area contributed by atoms with Crippen molar-refractivity contribution in [2.45, 2.75) is 46.0 Å². The Morgan fingerprint density at radius 2 is 2.04 bits per heavy atom. The van der Waals surface area contributed by atoms with E-state index in [-0.39, 0.29) is 11.7 Å². The number of carbonyl (C=O) groups is 1. The summed E-state index contributed by atoms with van der Waals surface area (Å²) in [7, 11) is 0. The van der Waals surface area contributed by atoms with Crippen molar-refractivity contribution in [3.05, 3.63) is 29.8 Å². The molecule has 2 heterocycles. The van der Waals surface area contributed by atoms with Crippen molar-refractivity contribution in [3.8, 4) is 5.75 Å². The summed E-state index contributed by atoms with van der Waals surface area (Å²) in [6, 6.07) is 3.14. The van der Waals surface area contributed by atoms with E-state index in [4.69, 9.17) is 4.74 Å². The van der Waals surface area contributed by atoms with Crippen LogP contribution in [-0.4, -0.2) is 27.5 Å². The molecule has 2 aromatic rings. The number of rotatable bonds is 7. The first kappa shape index (κ1) is 19.9. The van der Waals surface area contributed by atoms with E-state index in [2.05, 4.69) is 25.6 Å². The molecule has 2 aromatic heterocycles. The van der Waals surface area contributed by atoms with E-state index in [0.717, 1.165) is 19.8 Å². The summed E-state index contributed by atoms with van der Waals surface area (Å²) < 4.78 is 33.2. The van der Waals surface area contributed by atoms with Crippen molar-refractivity contribution in [2.75, 3.05) is 17.2 Å². The topological polar surface area (TPSA) is 89.0 Å². The molecule has 0 aliphatic heterocycles. The van der Waals surface area contributed by atoms with Gasteiger partial charge in [0.2, 0.25) is 11.7 Å². The van der Waals surface area contributed by atoms with Crippen molar-refractivity contribution >= 4 is 23.2 Å². The lowest BCUT2D eigenvalue weighted by molar-refractivity contribution is -0.114. The van der Waals surface area contributed by atoms with Gasteiger partial charge in [0.25, 0.3) is 0 Å². The van der Waals surface area contributed by atoms with Gasteiger partial charge < -0.3 is 15.4 Å². The number of alkyl halides is 2. The fraction of sp³-hybridized carbons (Fsp3) is 0.474. The monoisotopic (exact) mass is 391 g/mol. The SMILES string of the molecule is CC(=O)Nc1cc(Nc2cc(C)nc(C(C)(F)F)n2)c(OCC2CCC2)cn1. The highest BCUT2D eigenvalue weighted by Crippen LogP contribution is 2.33. The van der Waals surface area contributed by atoms with E-state index in [1.165, 1.54) is 19.5 Å². The van der Waals surface area contributed by atoms with Crippen LogP contribution in [0.25, 0.3) is 0 Å². The molecule has 0 bridgehead atoms. The third-order valence-corrected chi connectivity index (χ3v) is 4.38.